The number of hydrogen-bond acceptors (Lipinski definition) is 6. The maximum Gasteiger partial charge on any atom is 0.270 e. The first kappa shape index (κ1) is 19.7. The normalized spacial score (nSPS) is 10.9. The van der Waals surface area contributed by atoms with Crippen molar-refractivity contribution in [3.63, 3.8) is 0 Å². The van der Waals surface area contributed by atoms with E-state index in [-0.39, 0.29) is 5.91 Å². The van der Waals surface area contributed by atoms with E-state index in [2.05, 4.69) is 0 Å². The highest BCUT2D eigenvalue weighted by Gasteiger charge is 2.25. The number of halogens is 1. The van der Waals surface area contributed by atoms with Crippen molar-refractivity contribution in [2.24, 2.45) is 0 Å². The summed E-state index contributed by atoms with van der Waals surface area (Å²) in [6, 6.07) is 16.9. The van der Waals surface area contributed by atoms with Crippen LogP contribution >= 0.6 is 34.3 Å². The Morgan fingerprint density at radius 1 is 1.00 bits per heavy atom. The minimum absolute atomic E-state index is 0.150. The highest BCUT2D eigenvalue weighted by molar-refractivity contribution is 7.23. The Balaban J connectivity index is 1.83. The summed E-state index contributed by atoms with van der Waals surface area (Å²) >= 11 is 8.71. The van der Waals surface area contributed by atoms with Gasteiger partial charge in [0.2, 0.25) is 0 Å². The molecule has 0 saturated carbocycles. The van der Waals surface area contributed by atoms with Gasteiger partial charge in [0.1, 0.15) is 21.7 Å². The molecule has 148 valence electrons. The number of ether oxygens (including phenoxy) is 2. The average molecular weight is 445 g/mol. The van der Waals surface area contributed by atoms with E-state index in [4.69, 9.17) is 26.1 Å². The number of fused-ring (bicyclic) bond motifs is 1. The number of methoxy groups -OCH3 is 2. The molecule has 0 N–H and O–H groups in total. The lowest BCUT2D eigenvalue weighted by Gasteiger charge is -2.19. The number of aromatic nitrogens is 1. The van der Waals surface area contributed by atoms with Crippen molar-refractivity contribution in [1.29, 1.82) is 0 Å². The second kappa shape index (κ2) is 8.41. The van der Waals surface area contributed by atoms with Gasteiger partial charge >= 0.3 is 0 Å². The summed E-state index contributed by atoms with van der Waals surface area (Å²) < 4.78 is 12.3. The Labute approximate surface area is 181 Å². The molecule has 0 unspecified atom stereocenters. The first-order valence-corrected chi connectivity index (χ1v) is 10.7. The van der Waals surface area contributed by atoms with Crippen LogP contribution in [-0.2, 0) is 6.54 Å². The van der Waals surface area contributed by atoms with Crippen LogP contribution in [0.25, 0.3) is 10.2 Å². The number of thiophene rings is 1. The number of benzene rings is 2. The zero-order chi connectivity index (χ0) is 20.4. The number of anilines is 1. The maximum absolute atomic E-state index is 13.3. The van der Waals surface area contributed by atoms with Crippen LogP contribution in [0.4, 0.5) is 5.13 Å². The minimum Gasteiger partial charge on any atom is -0.495 e. The first-order chi connectivity index (χ1) is 14.1. The van der Waals surface area contributed by atoms with Crippen LogP contribution in [0.5, 0.6) is 11.5 Å². The standard InChI is InChI=1S/C21H17ClN2O3S2/c1-26-14-8-9-15(27-2)19-18(14)23-21(29-19)24(12-13-6-4-3-5-7-13)20(25)16-10-11-17(22)28-16/h3-11H,12H2,1-2H3. The Morgan fingerprint density at radius 3 is 2.38 bits per heavy atom. The molecule has 4 aromatic rings. The Morgan fingerprint density at radius 2 is 1.72 bits per heavy atom. The summed E-state index contributed by atoms with van der Waals surface area (Å²) in [7, 11) is 3.21. The van der Waals surface area contributed by atoms with Crippen molar-refractivity contribution < 1.29 is 14.3 Å². The molecule has 1 amide bonds. The molecule has 0 aliphatic carbocycles. The van der Waals surface area contributed by atoms with Gasteiger partial charge in [0, 0.05) is 0 Å². The van der Waals surface area contributed by atoms with E-state index in [1.54, 1.807) is 31.3 Å². The average Bonchev–Trinajstić information content (AvgIpc) is 3.38. The van der Waals surface area contributed by atoms with E-state index >= 15 is 0 Å². The molecular formula is C21H17ClN2O3S2. The molecule has 8 heteroatoms. The number of thiazole rings is 1. The number of nitrogens with zero attached hydrogens (tertiary/aromatic N) is 2. The molecule has 29 heavy (non-hydrogen) atoms. The Bertz CT molecular complexity index is 1120. The fraction of sp³-hybridized carbons (Fsp3) is 0.143. The molecule has 0 radical (unpaired) electrons. The molecule has 0 atom stereocenters. The van der Waals surface area contributed by atoms with Crippen LogP contribution < -0.4 is 14.4 Å². The third-order valence-electron chi connectivity index (χ3n) is 4.34. The number of carbonyl (C=O) groups excluding carboxylic acids is 1. The lowest BCUT2D eigenvalue weighted by Crippen LogP contribution is -2.29. The summed E-state index contributed by atoms with van der Waals surface area (Å²) in [6.45, 7) is 0.389. The van der Waals surface area contributed by atoms with E-state index in [9.17, 15) is 4.79 Å². The van der Waals surface area contributed by atoms with Gasteiger partial charge in [-0.05, 0) is 29.8 Å². The Kier molecular flexibility index (Phi) is 5.71. The molecule has 2 heterocycles. The SMILES string of the molecule is COc1ccc(OC)c2sc(N(Cc3ccccc3)C(=O)c3ccc(Cl)s3)nc12. The van der Waals surface area contributed by atoms with Crippen molar-refractivity contribution in [3.8, 4) is 11.5 Å². The van der Waals surface area contributed by atoms with Gasteiger partial charge < -0.3 is 9.47 Å². The van der Waals surface area contributed by atoms with Gasteiger partial charge in [0.15, 0.2) is 5.13 Å². The quantitative estimate of drug-likeness (QED) is 0.373. The number of carbonyl (C=O) groups is 1. The zero-order valence-electron chi connectivity index (χ0n) is 15.7. The van der Waals surface area contributed by atoms with Gasteiger partial charge in [-0.3, -0.25) is 9.69 Å². The van der Waals surface area contributed by atoms with Crippen molar-refractivity contribution in [2.45, 2.75) is 6.54 Å². The highest BCUT2D eigenvalue weighted by Crippen LogP contribution is 2.41. The summed E-state index contributed by atoms with van der Waals surface area (Å²) in [5, 5.41) is 0.571. The third-order valence-corrected chi connectivity index (χ3v) is 6.65. The van der Waals surface area contributed by atoms with E-state index < -0.39 is 0 Å². The molecule has 0 aliphatic heterocycles. The molecule has 0 saturated heterocycles. The monoisotopic (exact) mass is 444 g/mol. The van der Waals surface area contributed by atoms with Crippen LogP contribution in [0.15, 0.2) is 54.6 Å². The molecule has 2 aromatic heterocycles. The van der Waals surface area contributed by atoms with Crippen LogP contribution in [0.3, 0.4) is 0 Å². The van der Waals surface area contributed by atoms with E-state index in [0.29, 0.717) is 37.9 Å². The van der Waals surface area contributed by atoms with Crippen molar-refractivity contribution >= 4 is 55.5 Å². The van der Waals surface area contributed by atoms with Crippen molar-refractivity contribution in [2.75, 3.05) is 19.1 Å². The fourth-order valence-corrected chi connectivity index (χ4v) is 5.01. The van der Waals surface area contributed by atoms with Crippen LogP contribution in [0.2, 0.25) is 4.34 Å². The minimum atomic E-state index is -0.150. The summed E-state index contributed by atoms with van der Waals surface area (Å²) in [4.78, 5) is 20.3. The van der Waals surface area contributed by atoms with E-state index in [0.717, 1.165) is 10.3 Å². The smallest absolute Gasteiger partial charge is 0.270 e. The summed E-state index contributed by atoms with van der Waals surface area (Å²) in [5.41, 5.74) is 1.67. The molecule has 0 fully saturated rings. The molecule has 0 bridgehead atoms. The Hall–Kier alpha value is -2.61. The largest absolute Gasteiger partial charge is 0.495 e. The topological polar surface area (TPSA) is 51.7 Å². The molecule has 2 aromatic carbocycles. The fourth-order valence-electron chi connectivity index (χ4n) is 2.94. The highest BCUT2D eigenvalue weighted by atomic mass is 35.5. The predicted octanol–water partition coefficient (Wildman–Crippen LogP) is 5.88. The molecule has 0 spiro atoms. The number of rotatable bonds is 6. The van der Waals surface area contributed by atoms with Gasteiger partial charge in [-0.25, -0.2) is 4.98 Å². The van der Waals surface area contributed by atoms with Gasteiger partial charge in [-0.2, -0.15) is 0 Å². The van der Waals surface area contributed by atoms with Gasteiger partial charge in [-0.15, -0.1) is 11.3 Å². The van der Waals surface area contributed by atoms with Crippen molar-refractivity contribution in [1.82, 2.24) is 4.98 Å². The van der Waals surface area contributed by atoms with Crippen LogP contribution in [0.1, 0.15) is 15.2 Å². The number of amides is 1. The third kappa shape index (κ3) is 3.94. The lowest BCUT2D eigenvalue weighted by molar-refractivity contribution is 0.0989. The second-order valence-corrected chi connectivity index (χ2v) is 8.82. The van der Waals surface area contributed by atoms with Crippen LogP contribution in [0, 0.1) is 0 Å². The summed E-state index contributed by atoms with van der Waals surface area (Å²) in [6.07, 6.45) is 0. The molecule has 4 rings (SSSR count). The maximum atomic E-state index is 13.3. The number of hydrogen-bond donors (Lipinski definition) is 0. The predicted molar refractivity (Wildman–Crippen MR) is 119 cm³/mol. The van der Waals surface area contributed by atoms with Gasteiger partial charge in [0.05, 0.1) is 30.0 Å². The van der Waals surface area contributed by atoms with E-state index in [1.165, 1.54) is 22.7 Å². The second-order valence-electron chi connectivity index (χ2n) is 6.12. The van der Waals surface area contributed by atoms with Crippen molar-refractivity contribution in [3.05, 3.63) is 69.4 Å². The lowest BCUT2D eigenvalue weighted by atomic mass is 10.2. The van der Waals surface area contributed by atoms with E-state index in [1.807, 2.05) is 42.5 Å². The zero-order valence-corrected chi connectivity index (χ0v) is 18.1. The molecule has 5 nitrogen and oxygen atoms in total. The van der Waals surface area contributed by atoms with Gasteiger partial charge in [0.25, 0.3) is 5.91 Å². The molecular weight excluding hydrogens is 428 g/mol. The molecule has 0 aliphatic rings. The van der Waals surface area contributed by atoms with Crippen LogP contribution in [-0.4, -0.2) is 25.1 Å². The summed E-state index contributed by atoms with van der Waals surface area (Å²) in [5.74, 6) is 1.17. The first-order valence-electron chi connectivity index (χ1n) is 8.73. The van der Waals surface area contributed by atoms with Gasteiger partial charge in [-0.1, -0.05) is 53.3 Å².